The first-order valence-corrected chi connectivity index (χ1v) is 10.5. The van der Waals surface area contributed by atoms with Crippen LogP contribution >= 0.6 is 11.3 Å². The van der Waals surface area contributed by atoms with Crippen LogP contribution in [-0.2, 0) is 17.4 Å². The molecule has 0 aliphatic heterocycles. The van der Waals surface area contributed by atoms with E-state index >= 15 is 0 Å². The summed E-state index contributed by atoms with van der Waals surface area (Å²) in [7, 11) is 0. The molecule has 0 aliphatic carbocycles. The Kier molecular flexibility index (Phi) is 5.16. The van der Waals surface area contributed by atoms with E-state index in [1.54, 1.807) is 4.63 Å². The number of fused-ring (bicyclic) bond motifs is 1. The minimum Gasteiger partial charge on any atom is -0.310 e. The monoisotopic (exact) mass is 402 g/mol. The van der Waals surface area contributed by atoms with Crippen LogP contribution in [0.5, 0.6) is 0 Å². The van der Waals surface area contributed by atoms with Crippen LogP contribution in [0.3, 0.4) is 0 Å². The highest BCUT2D eigenvalue weighted by molar-refractivity contribution is 7.15. The number of hydrogen-bond donors (Lipinski definition) is 0. The Morgan fingerprint density at radius 2 is 1.64 bits per heavy atom. The van der Waals surface area contributed by atoms with Crippen molar-refractivity contribution in [2.75, 3.05) is 0 Å². The van der Waals surface area contributed by atoms with Crippen molar-refractivity contribution in [1.29, 1.82) is 0 Å². The minimum atomic E-state index is -0.184. The average molecular weight is 403 g/mol. The van der Waals surface area contributed by atoms with E-state index in [1.807, 2.05) is 0 Å². The summed E-state index contributed by atoms with van der Waals surface area (Å²) in [4.78, 5) is 0. The summed E-state index contributed by atoms with van der Waals surface area (Å²) in [5.74, 6) is 1.29. The summed E-state index contributed by atoms with van der Waals surface area (Å²) in [6.07, 6.45) is 0. The van der Waals surface area contributed by atoms with E-state index in [9.17, 15) is 0 Å². The zero-order chi connectivity index (χ0) is 20.9. The van der Waals surface area contributed by atoms with Gasteiger partial charge in [0.1, 0.15) is 10.8 Å². The Hall–Kier alpha value is -2.16. The van der Waals surface area contributed by atoms with Crippen molar-refractivity contribution < 1.29 is 0 Å². The average Bonchev–Trinajstić information content (AvgIpc) is 3.24. The lowest BCUT2D eigenvalue weighted by Crippen LogP contribution is -2.13. The fourth-order valence-corrected chi connectivity index (χ4v) is 3.67. The quantitative estimate of drug-likeness (QED) is 0.536. The molecule has 28 heavy (non-hydrogen) atoms. The van der Waals surface area contributed by atoms with E-state index in [0.29, 0.717) is 11.0 Å². The maximum absolute atomic E-state index is 4.75. The maximum Gasteiger partial charge on any atom is 0.251 e. The zero-order valence-corrected chi connectivity index (χ0v) is 19.1. The number of nitrogens with zero attached hydrogens (tertiary/aromatic N) is 8. The highest BCUT2D eigenvalue weighted by Crippen LogP contribution is 2.37. The summed E-state index contributed by atoms with van der Waals surface area (Å²) in [5, 5.41) is 28.4. The van der Waals surface area contributed by atoms with E-state index in [1.165, 1.54) is 11.3 Å². The molecule has 152 valence electrons. The van der Waals surface area contributed by atoms with Gasteiger partial charge in [-0.05, 0) is 6.92 Å². The highest BCUT2D eigenvalue weighted by atomic mass is 32.1. The summed E-state index contributed by atoms with van der Waals surface area (Å²) >= 11 is 1.47. The Bertz CT molecular complexity index is 1010. The standard InChI is InChI=1S/C19H30N8S/c1-10-26-14(11(2)3)25-27-15(26)12(13(24-27)18(4,5)6)20-22-17-23-21-16(28-17)19(7,8)9/h11H,10H2,1-9H3. The third-order valence-corrected chi connectivity index (χ3v) is 5.62. The van der Waals surface area contributed by atoms with Gasteiger partial charge in [-0.25, -0.2) is 0 Å². The fraction of sp³-hybridized carbons (Fsp3) is 0.684. The lowest BCUT2D eigenvalue weighted by molar-refractivity contribution is 0.554. The topological polar surface area (TPSA) is 85.6 Å². The van der Waals surface area contributed by atoms with Crippen molar-refractivity contribution in [1.82, 2.24) is 29.6 Å². The van der Waals surface area contributed by atoms with Gasteiger partial charge in [0, 0.05) is 23.3 Å². The molecule has 0 spiro atoms. The molecule has 0 aliphatic rings. The van der Waals surface area contributed by atoms with Crippen LogP contribution in [0.1, 0.15) is 84.8 Å². The van der Waals surface area contributed by atoms with Gasteiger partial charge in [-0.2, -0.15) is 5.10 Å². The molecule has 3 heterocycles. The lowest BCUT2D eigenvalue weighted by Gasteiger charge is -2.15. The van der Waals surface area contributed by atoms with Crippen LogP contribution in [0.4, 0.5) is 10.8 Å². The molecule has 0 N–H and O–H groups in total. The number of azo groups is 1. The van der Waals surface area contributed by atoms with Gasteiger partial charge in [-0.1, -0.05) is 66.7 Å². The van der Waals surface area contributed by atoms with Crippen LogP contribution in [-0.4, -0.2) is 29.6 Å². The molecule has 8 nitrogen and oxygen atoms in total. The summed E-state index contributed by atoms with van der Waals surface area (Å²) < 4.78 is 3.87. The predicted octanol–water partition coefficient (Wildman–Crippen LogP) is 5.54. The van der Waals surface area contributed by atoms with Crippen molar-refractivity contribution in [2.45, 2.75) is 85.6 Å². The van der Waals surface area contributed by atoms with Crippen LogP contribution < -0.4 is 0 Å². The molecule has 0 saturated heterocycles. The Morgan fingerprint density at radius 3 is 2.14 bits per heavy atom. The first-order chi connectivity index (χ1) is 12.9. The van der Waals surface area contributed by atoms with Gasteiger partial charge >= 0.3 is 0 Å². The molecule has 9 heteroatoms. The summed E-state index contributed by atoms with van der Waals surface area (Å²) in [5.41, 5.74) is 2.26. The molecular formula is C19H30N8S. The van der Waals surface area contributed by atoms with Crippen LogP contribution in [0.25, 0.3) is 5.65 Å². The second-order valence-electron chi connectivity index (χ2n) is 9.36. The zero-order valence-electron chi connectivity index (χ0n) is 18.3. The number of aromatic nitrogens is 6. The van der Waals surface area contributed by atoms with E-state index in [2.05, 4.69) is 87.3 Å². The Balaban J connectivity index is 2.15. The second kappa shape index (κ2) is 7.02. The SMILES string of the molecule is CCn1c(C(C)C)nn2nc(C(C)(C)C)c(N=Nc3nnc(C(C)(C)C)s3)c12. The van der Waals surface area contributed by atoms with Crippen LogP contribution in [0, 0.1) is 0 Å². The van der Waals surface area contributed by atoms with E-state index in [4.69, 9.17) is 10.2 Å². The highest BCUT2D eigenvalue weighted by Gasteiger charge is 2.29. The van der Waals surface area contributed by atoms with Gasteiger partial charge in [0.2, 0.25) is 0 Å². The number of aryl methyl sites for hydroxylation is 1. The van der Waals surface area contributed by atoms with Crippen LogP contribution in [0.15, 0.2) is 10.2 Å². The third kappa shape index (κ3) is 3.72. The molecule has 3 rings (SSSR count). The van der Waals surface area contributed by atoms with E-state index < -0.39 is 0 Å². The smallest absolute Gasteiger partial charge is 0.251 e. The fourth-order valence-electron chi connectivity index (χ4n) is 2.94. The van der Waals surface area contributed by atoms with Gasteiger partial charge in [0.05, 0.1) is 5.69 Å². The van der Waals surface area contributed by atoms with Crippen LogP contribution in [0.2, 0.25) is 0 Å². The molecule has 0 fully saturated rings. The van der Waals surface area contributed by atoms with E-state index in [0.717, 1.165) is 34.4 Å². The van der Waals surface area contributed by atoms with Crippen molar-refractivity contribution in [2.24, 2.45) is 10.2 Å². The third-order valence-electron chi connectivity index (χ3n) is 4.38. The number of hydrogen-bond acceptors (Lipinski definition) is 7. The van der Waals surface area contributed by atoms with Gasteiger partial charge in [-0.3, -0.25) is 0 Å². The lowest BCUT2D eigenvalue weighted by atomic mass is 9.91. The molecule has 0 unspecified atom stereocenters. The maximum atomic E-state index is 4.75. The summed E-state index contributed by atoms with van der Waals surface area (Å²) in [6.45, 7) is 19.9. The molecule has 0 saturated carbocycles. The van der Waals surface area contributed by atoms with Gasteiger partial charge in [0.15, 0.2) is 11.3 Å². The molecule has 0 amide bonds. The molecular weight excluding hydrogens is 372 g/mol. The van der Waals surface area contributed by atoms with Crippen molar-refractivity contribution in [3.63, 3.8) is 0 Å². The Morgan fingerprint density at radius 1 is 0.964 bits per heavy atom. The first-order valence-electron chi connectivity index (χ1n) is 9.69. The van der Waals surface area contributed by atoms with Gasteiger partial charge in [-0.15, -0.1) is 30.2 Å². The van der Waals surface area contributed by atoms with E-state index in [-0.39, 0.29) is 10.8 Å². The Labute approximate surface area is 170 Å². The second-order valence-corrected chi connectivity index (χ2v) is 10.3. The van der Waals surface area contributed by atoms with Gasteiger partial charge in [0.25, 0.3) is 5.13 Å². The summed E-state index contributed by atoms with van der Waals surface area (Å²) in [6, 6.07) is 0. The molecule has 0 radical (unpaired) electrons. The predicted molar refractivity (Wildman–Crippen MR) is 112 cm³/mol. The van der Waals surface area contributed by atoms with Crippen molar-refractivity contribution in [3.05, 3.63) is 16.5 Å². The number of rotatable bonds is 4. The molecule has 0 aromatic carbocycles. The first kappa shape index (κ1) is 20.6. The minimum absolute atomic E-state index is 0.0556. The molecule has 3 aromatic heterocycles. The molecule has 0 atom stereocenters. The van der Waals surface area contributed by atoms with Crippen molar-refractivity contribution >= 4 is 27.8 Å². The largest absolute Gasteiger partial charge is 0.310 e. The normalized spacial score (nSPS) is 13.5. The molecule has 0 bridgehead atoms. The molecule has 3 aromatic rings. The van der Waals surface area contributed by atoms with Gasteiger partial charge < -0.3 is 4.57 Å². The van der Waals surface area contributed by atoms with Crippen molar-refractivity contribution in [3.8, 4) is 0 Å².